The molecule has 0 radical (unpaired) electrons. The van der Waals surface area contributed by atoms with Crippen molar-refractivity contribution < 1.29 is 14.7 Å². The zero-order valence-electron chi connectivity index (χ0n) is 20.3. The van der Waals surface area contributed by atoms with Crippen LogP contribution in [0.4, 0.5) is 4.79 Å². The summed E-state index contributed by atoms with van der Waals surface area (Å²) in [5.74, 6) is 1.36. The second-order valence-electron chi connectivity index (χ2n) is 11.7. The molecule has 6 nitrogen and oxygen atoms in total. The van der Waals surface area contributed by atoms with Crippen molar-refractivity contribution in [3.63, 3.8) is 0 Å². The van der Waals surface area contributed by atoms with Gasteiger partial charge in [0.05, 0.1) is 11.5 Å². The summed E-state index contributed by atoms with van der Waals surface area (Å²) in [7, 11) is 0. The van der Waals surface area contributed by atoms with Crippen molar-refractivity contribution in [2.24, 2.45) is 23.2 Å². The van der Waals surface area contributed by atoms with E-state index in [0.29, 0.717) is 37.4 Å². The fourth-order valence-corrected chi connectivity index (χ4v) is 7.98. The molecule has 2 aliphatic heterocycles. The molecule has 1 aromatic rings. The van der Waals surface area contributed by atoms with Gasteiger partial charge in [-0.2, -0.15) is 0 Å². The van der Waals surface area contributed by atoms with Crippen molar-refractivity contribution in [3.05, 3.63) is 40.9 Å². The van der Waals surface area contributed by atoms with Crippen LogP contribution in [-0.2, 0) is 4.79 Å². The molecule has 3 atom stereocenters. The van der Waals surface area contributed by atoms with E-state index in [9.17, 15) is 14.7 Å². The number of carbonyl (C=O) groups is 2. The number of aliphatic hydroxyl groups excluding tert-OH is 1. The van der Waals surface area contributed by atoms with E-state index >= 15 is 0 Å². The molecule has 188 valence electrons. The van der Waals surface area contributed by atoms with Crippen LogP contribution in [-0.4, -0.2) is 65.2 Å². The van der Waals surface area contributed by atoms with E-state index in [2.05, 4.69) is 11.4 Å². The summed E-state index contributed by atoms with van der Waals surface area (Å²) in [6.45, 7) is 2.65. The van der Waals surface area contributed by atoms with Crippen LogP contribution in [0.15, 0.2) is 30.3 Å². The Balaban J connectivity index is 1.06. The van der Waals surface area contributed by atoms with Gasteiger partial charge >= 0.3 is 6.03 Å². The van der Waals surface area contributed by atoms with Gasteiger partial charge in [0.1, 0.15) is 0 Å². The van der Waals surface area contributed by atoms with Gasteiger partial charge in [-0.3, -0.25) is 4.79 Å². The Bertz CT molecular complexity index is 1010. The normalized spacial score (nSPS) is 36.2. The van der Waals surface area contributed by atoms with Gasteiger partial charge < -0.3 is 20.2 Å². The number of nitrogens with zero attached hydrogens (tertiary/aromatic N) is 2. The number of carbonyl (C=O) groups excluding carboxylic acids is 2. The lowest BCUT2D eigenvalue weighted by Crippen LogP contribution is -2.61. The van der Waals surface area contributed by atoms with Crippen LogP contribution in [0.2, 0.25) is 5.02 Å². The Kier molecular flexibility index (Phi) is 6.08. The molecule has 35 heavy (non-hydrogen) atoms. The number of piperidine rings is 1. The Morgan fingerprint density at radius 3 is 2.46 bits per heavy atom. The topological polar surface area (TPSA) is 72.9 Å². The van der Waals surface area contributed by atoms with E-state index in [4.69, 9.17) is 11.6 Å². The lowest BCUT2D eigenvalue weighted by molar-refractivity contribution is -0.163. The quantitative estimate of drug-likeness (QED) is 0.653. The van der Waals surface area contributed by atoms with E-state index in [1.54, 1.807) is 0 Å². The molecule has 6 aliphatic rings. The maximum Gasteiger partial charge on any atom is 0.320 e. The second-order valence-corrected chi connectivity index (χ2v) is 12.2. The lowest BCUT2D eigenvalue weighted by Gasteiger charge is -2.58. The minimum Gasteiger partial charge on any atom is -0.393 e. The highest BCUT2D eigenvalue weighted by Crippen LogP contribution is 2.60. The third-order valence-electron chi connectivity index (χ3n) is 9.43. The van der Waals surface area contributed by atoms with Crippen LogP contribution < -0.4 is 5.32 Å². The molecule has 1 aromatic carbocycles. The molecule has 3 amide bonds. The summed E-state index contributed by atoms with van der Waals surface area (Å²) in [5.41, 5.74) is 2.13. The summed E-state index contributed by atoms with van der Waals surface area (Å²) in [6, 6.07) is 7.98. The minimum atomic E-state index is -0.294. The Labute approximate surface area is 212 Å². The number of aliphatic hydroxyl groups is 1. The van der Waals surface area contributed by atoms with E-state index in [1.165, 1.54) is 11.1 Å². The summed E-state index contributed by atoms with van der Waals surface area (Å²) in [6.07, 6.45) is 9.41. The minimum absolute atomic E-state index is 0.0167. The monoisotopic (exact) mass is 497 g/mol. The van der Waals surface area contributed by atoms with Gasteiger partial charge in [-0.1, -0.05) is 29.8 Å². The molecule has 4 aliphatic carbocycles. The molecule has 4 bridgehead atoms. The van der Waals surface area contributed by atoms with Crippen LogP contribution in [0.5, 0.6) is 0 Å². The lowest BCUT2D eigenvalue weighted by atomic mass is 9.48. The SMILES string of the molecule is O=C(N1CC=C(c2ccc(Cl)cc2)CC1)N1CCC[C@H](NC(=O)C23CC4CC(C2)C(O)C(C4)C3)C1. The largest absolute Gasteiger partial charge is 0.393 e. The van der Waals surface area contributed by atoms with Crippen molar-refractivity contribution >= 4 is 29.1 Å². The van der Waals surface area contributed by atoms with Gasteiger partial charge in [0.2, 0.25) is 5.91 Å². The zero-order valence-corrected chi connectivity index (χ0v) is 21.1. The fourth-order valence-electron chi connectivity index (χ4n) is 7.85. The number of amides is 3. The fraction of sp³-hybridized carbons (Fsp3) is 0.643. The van der Waals surface area contributed by atoms with Crippen LogP contribution >= 0.6 is 11.6 Å². The van der Waals surface area contributed by atoms with E-state index in [-0.39, 0.29) is 29.5 Å². The van der Waals surface area contributed by atoms with E-state index < -0.39 is 0 Å². The third kappa shape index (κ3) is 4.37. The van der Waals surface area contributed by atoms with Crippen LogP contribution in [0, 0.1) is 23.2 Å². The third-order valence-corrected chi connectivity index (χ3v) is 9.68. The molecule has 2 N–H and O–H groups in total. The zero-order chi connectivity index (χ0) is 24.2. The van der Waals surface area contributed by atoms with Gasteiger partial charge in [0, 0.05) is 37.2 Å². The van der Waals surface area contributed by atoms with Crippen LogP contribution in [0.3, 0.4) is 0 Å². The highest BCUT2D eigenvalue weighted by molar-refractivity contribution is 6.30. The first-order valence-electron chi connectivity index (χ1n) is 13.4. The molecule has 7 heteroatoms. The maximum absolute atomic E-state index is 13.5. The molecular formula is C28H36ClN3O3. The highest BCUT2D eigenvalue weighted by atomic mass is 35.5. The van der Waals surface area contributed by atoms with Gasteiger partial charge in [-0.15, -0.1) is 0 Å². The van der Waals surface area contributed by atoms with Crippen molar-refractivity contribution in [2.75, 3.05) is 26.2 Å². The first kappa shape index (κ1) is 23.4. The molecule has 7 rings (SSSR count). The molecule has 2 unspecified atom stereocenters. The number of benzene rings is 1. The van der Waals surface area contributed by atoms with Gasteiger partial charge in [-0.05, 0) is 92.4 Å². The number of hydrogen-bond donors (Lipinski definition) is 2. The number of halogens is 1. The predicted molar refractivity (Wildman–Crippen MR) is 136 cm³/mol. The van der Waals surface area contributed by atoms with Gasteiger partial charge in [-0.25, -0.2) is 4.79 Å². The molecule has 1 saturated heterocycles. The number of nitrogens with one attached hydrogen (secondary N) is 1. The summed E-state index contributed by atoms with van der Waals surface area (Å²) >= 11 is 6.01. The summed E-state index contributed by atoms with van der Waals surface area (Å²) < 4.78 is 0. The summed E-state index contributed by atoms with van der Waals surface area (Å²) in [4.78, 5) is 30.7. The first-order valence-corrected chi connectivity index (χ1v) is 13.8. The number of hydrogen-bond acceptors (Lipinski definition) is 3. The number of urea groups is 1. The molecular weight excluding hydrogens is 462 g/mol. The van der Waals surface area contributed by atoms with E-state index in [1.807, 2.05) is 34.1 Å². The molecule has 0 spiro atoms. The Hall–Kier alpha value is -2.05. The molecule has 5 fully saturated rings. The highest BCUT2D eigenvalue weighted by Gasteiger charge is 2.58. The van der Waals surface area contributed by atoms with Crippen molar-refractivity contribution in [1.29, 1.82) is 0 Å². The van der Waals surface area contributed by atoms with Crippen molar-refractivity contribution in [1.82, 2.24) is 15.1 Å². The first-order chi connectivity index (χ1) is 16.9. The van der Waals surface area contributed by atoms with Crippen LogP contribution in [0.1, 0.15) is 56.9 Å². The van der Waals surface area contributed by atoms with Gasteiger partial charge in [0.15, 0.2) is 0 Å². The van der Waals surface area contributed by atoms with E-state index in [0.717, 1.165) is 62.9 Å². The second kappa shape index (κ2) is 9.11. The molecule has 2 heterocycles. The maximum atomic E-state index is 13.5. The smallest absolute Gasteiger partial charge is 0.320 e. The Morgan fingerprint density at radius 2 is 1.77 bits per heavy atom. The van der Waals surface area contributed by atoms with Crippen molar-refractivity contribution in [2.45, 2.75) is 63.5 Å². The predicted octanol–water partition coefficient (Wildman–Crippen LogP) is 4.32. The number of rotatable bonds is 3. The average Bonchev–Trinajstić information content (AvgIpc) is 2.87. The summed E-state index contributed by atoms with van der Waals surface area (Å²) in [5, 5.41) is 14.7. The average molecular weight is 498 g/mol. The number of likely N-dealkylation sites (tertiary alicyclic amines) is 1. The molecule has 0 aromatic heterocycles. The van der Waals surface area contributed by atoms with Gasteiger partial charge in [0.25, 0.3) is 0 Å². The standard InChI is InChI=1S/C28H36ClN3O3/c29-23-5-3-19(4-6-23)20-7-10-31(11-8-20)27(35)32-9-1-2-24(17-32)30-26(34)28-14-18-12-21(15-28)25(33)22(13-18)16-28/h3-7,18,21-22,24-25,33H,1-2,8-17H2,(H,30,34)/t18?,21?,22?,24-,25?,28?/m0/s1. The van der Waals surface area contributed by atoms with Crippen molar-refractivity contribution in [3.8, 4) is 0 Å². The molecule has 4 saturated carbocycles. The Morgan fingerprint density at radius 1 is 1.03 bits per heavy atom. The van der Waals surface area contributed by atoms with Crippen LogP contribution in [0.25, 0.3) is 5.57 Å².